The minimum Gasteiger partial charge on any atom is -0.478 e. The van der Waals surface area contributed by atoms with E-state index < -0.39 is 5.97 Å². The molecule has 114 valence electrons. The molecule has 2 N–H and O–H groups in total. The van der Waals surface area contributed by atoms with Gasteiger partial charge in [-0.15, -0.1) is 0 Å². The highest BCUT2D eigenvalue weighted by Gasteiger charge is 2.22. The van der Waals surface area contributed by atoms with Crippen molar-refractivity contribution in [3.05, 3.63) is 29.8 Å². The molecule has 0 spiro atoms. The Labute approximate surface area is 124 Å². The molecule has 0 aliphatic heterocycles. The molecule has 2 rings (SSSR count). The van der Waals surface area contributed by atoms with Gasteiger partial charge < -0.3 is 15.2 Å². The lowest BCUT2D eigenvalue weighted by atomic mass is 9.88. The van der Waals surface area contributed by atoms with E-state index in [2.05, 4.69) is 12.2 Å². The van der Waals surface area contributed by atoms with Crippen LogP contribution in [0.2, 0.25) is 0 Å². The number of carbonyl (C=O) groups is 2. The van der Waals surface area contributed by atoms with E-state index in [1.807, 2.05) is 0 Å². The number of aromatic carboxylic acids is 1. The van der Waals surface area contributed by atoms with E-state index in [1.54, 1.807) is 12.1 Å². The molecule has 1 aliphatic carbocycles. The Morgan fingerprint density at radius 1 is 1.24 bits per heavy atom. The number of nitrogens with one attached hydrogen (secondary N) is 1. The van der Waals surface area contributed by atoms with Crippen LogP contribution in [0.4, 0.5) is 5.69 Å². The minimum atomic E-state index is -0.984. The zero-order valence-electron chi connectivity index (χ0n) is 12.2. The van der Waals surface area contributed by atoms with Crippen LogP contribution in [0.5, 0.6) is 0 Å². The number of ether oxygens (including phenoxy) is 1. The fraction of sp³-hybridized carbons (Fsp3) is 0.500. The number of carbonyl (C=O) groups excluding carboxylic acids is 1. The van der Waals surface area contributed by atoms with E-state index in [0.717, 1.165) is 19.3 Å². The third-order valence-corrected chi connectivity index (χ3v) is 3.88. The maximum atomic E-state index is 11.8. The molecule has 2 unspecified atom stereocenters. The van der Waals surface area contributed by atoms with E-state index in [-0.39, 0.29) is 24.2 Å². The van der Waals surface area contributed by atoms with Gasteiger partial charge in [0.1, 0.15) is 6.61 Å². The summed E-state index contributed by atoms with van der Waals surface area (Å²) in [5, 5.41) is 11.5. The van der Waals surface area contributed by atoms with Gasteiger partial charge in [-0.3, -0.25) is 4.79 Å². The standard InChI is InChI=1S/C16H21NO4/c1-11-4-2-3-5-14(11)21-10-15(18)17-13-8-6-12(7-9-13)16(19)20/h6-9,11,14H,2-5,10H2,1H3,(H,17,18)(H,19,20). The first-order valence-corrected chi connectivity index (χ1v) is 7.31. The predicted molar refractivity (Wildman–Crippen MR) is 79.4 cm³/mol. The number of carboxylic acids is 1. The molecule has 21 heavy (non-hydrogen) atoms. The van der Waals surface area contributed by atoms with Crippen molar-refractivity contribution in [3.63, 3.8) is 0 Å². The summed E-state index contributed by atoms with van der Waals surface area (Å²) in [5.74, 6) is -0.695. The van der Waals surface area contributed by atoms with Crippen molar-refractivity contribution in [3.8, 4) is 0 Å². The third-order valence-electron chi connectivity index (χ3n) is 3.88. The summed E-state index contributed by atoms with van der Waals surface area (Å²) in [6, 6.07) is 6.07. The summed E-state index contributed by atoms with van der Waals surface area (Å²) in [4.78, 5) is 22.6. The van der Waals surface area contributed by atoms with Gasteiger partial charge >= 0.3 is 5.97 Å². The Morgan fingerprint density at radius 3 is 2.52 bits per heavy atom. The zero-order valence-corrected chi connectivity index (χ0v) is 12.2. The Balaban J connectivity index is 1.80. The van der Waals surface area contributed by atoms with Crippen molar-refractivity contribution in [1.82, 2.24) is 0 Å². The van der Waals surface area contributed by atoms with Crippen LogP contribution in [0.25, 0.3) is 0 Å². The molecule has 0 heterocycles. The smallest absolute Gasteiger partial charge is 0.335 e. The molecule has 5 nitrogen and oxygen atoms in total. The molecule has 0 radical (unpaired) electrons. The monoisotopic (exact) mass is 291 g/mol. The lowest BCUT2D eigenvalue weighted by Gasteiger charge is -2.28. The molecule has 0 saturated heterocycles. The topological polar surface area (TPSA) is 75.6 Å². The molecular weight excluding hydrogens is 270 g/mol. The van der Waals surface area contributed by atoms with Gasteiger partial charge in [-0.25, -0.2) is 4.79 Å². The largest absolute Gasteiger partial charge is 0.478 e. The lowest BCUT2D eigenvalue weighted by molar-refractivity contribution is -0.124. The van der Waals surface area contributed by atoms with Crippen LogP contribution in [0.15, 0.2) is 24.3 Å². The van der Waals surface area contributed by atoms with Gasteiger partial charge in [0.25, 0.3) is 0 Å². The van der Waals surface area contributed by atoms with E-state index in [1.165, 1.54) is 18.6 Å². The van der Waals surface area contributed by atoms with E-state index in [9.17, 15) is 9.59 Å². The maximum Gasteiger partial charge on any atom is 0.335 e. The van der Waals surface area contributed by atoms with E-state index in [4.69, 9.17) is 9.84 Å². The molecule has 1 aliphatic rings. The number of hydrogen-bond acceptors (Lipinski definition) is 3. The number of hydrogen-bond donors (Lipinski definition) is 2. The van der Waals surface area contributed by atoms with Gasteiger partial charge in [0.15, 0.2) is 0 Å². The normalized spacial score (nSPS) is 21.8. The maximum absolute atomic E-state index is 11.8. The molecule has 0 aromatic heterocycles. The van der Waals surface area contributed by atoms with Crippen molar-refractivity contribution >= 4 is 17.6 Å². The van der Waals surface area contributed by atoms with Crippen molar-refractivity contribution in [2.45, 2.75) is 38.7 Å². The number of carboxylic acid groups (broad SMARTS) is 1. The summed E-state index contributed by atoms with van der Waals surface area (Å²) < 4.78 is 5.69. The minimum absolute atomic E-state index is 0.0374. The lowest BCUT2D eigenvalue weighted by Crippen LogP contribution is -2.29. The van der Waals surface area contributed by atoms with Crippen molar-refractivity contribution in [2.24, 2.45) is 5.92 Å². The summed E-state index contributed by atoms with van der Waals surface area (Å²) in [7, 11) is 0. The second-order valence-electron chi connectivity index (χ2n) is 5.54. The zero-order chi connectivity index (χ0) is 15.2. The molecule has 2 atom stereocenters. The summed E-state index contributed by atoms with van der Waals surface area (Å²) in [5.41, 5.74) is 0.769. The molecule has 1 aromatic carbocycles. The van der Waals surface area contributed by atoms with Crippen molar-refractivity contribution in [2.75, 3.05) is 11.9 Å². The van der Waals surface area contributed by atoms with Gasteiger partial charge in [-0.05, 0) is 43.0 Å². The molecule has 0 bridgehead atoms. The van der Waals surface area contributed by atoms with Crippen LogP contribution in [0.3, 0.4) is 0 Å². The number of benzene rings is 1. The van der Waals surface area contributed by atoms with Crippen molar-refractivity contribution < 1.29 is 19.4 Å². The van der Waals surface area contributed by atoms with Gasteiger partial charge in [-0.1, -0.05) is 19.8 Å². The first-order valence-electron chi connectivity index (χ1n) is 7.31. The van der Waals surface area contributed by atoms with Crippen LogP contribution < -0.4 is 5.32 Å². The van der Waals surface area contributed by atoms with Gasteiger partial charge in [0.2, 0.25) is 5.91 Å². The fourth-order valence-corrected chi connectivity index (χ4v) is 2.61. The van der Waals surface area contributed by atoms with Crippen LogP contribution in [0, 0.1) is 5.92 Å². The summed E-state index contributed by atoms with van der Waals surface area (Å²) in [6.45, 7) is 2.20. The number of amides is 1. The van der Waals surface area contributed by atoms with Crippen LogP contribution in [0.1, 0.15) is 43.0 Å². The highest BCUT2D eigenvalue weighted by molar-refractivity contribution is 5.93. The van der Waals surface area contributed by atoms with E-state index >= 15 is 0 Å². The van der Waals surface area contributed by atoms with Gasteiger partial charge in [-0.2, -0.15) is 0 Å². The quantitative estimate of drug-likeness (QED) is 0.874. The average molecular weight is 291 g/mol. The summed E-state index contributed by atoms with van der Waals surface area (Å²) in [6.07, 6.45) is 4.74. The second-order valence-corrected chi connectivity index (χ2v) is 5.54. The predicted octanol–water partition coefficient (Wildman–Crippen LogP) is 2.92. The van der Waals surface area contributed by atoms with Crippen LogP contribution in [-0.4, -0.2) is 29.7 Å². The molecule has 1 fully saturated rings. The summed E-state index contributed by atoms with van der Waals surface area (Å²) >= 11 is 0. The fourth-order valence-electron chi connectivity index (χ4n) is 2.61. The number of anilines is 1. The Hall–Kier alpha value is -1.88. The van der Waals surface area contributed by atoms with Gasteiger partial charge in [0, 0.05) is 5.69 Å². The molecule has 1 aromatic rings. The van der Waals surface area contributed by atoms with Crippen molar-refractivity contribution in [1.29, 1.82) is 0 Å². The molecule has 1 amide bonds. The highest BCUT2D eigenvalue weighted by atomic mass is 16.5. The third kappa shape index (κ3) is 4.56. The van der Waals surface area contributed by atoms with Crippen LogP contribution >= 0.6 is 0 Å². The molecular formula is C16H21NO4. The van der Waals surface area contributed by atoms with Gasteiger partial charge in [0.05, 0.1) is 11.7 Å². The Morgan fingerprint density at radius 2 is 1.90 bits per heavy atom. The Kier molecular flexibility index (Phi) is 5.33. The van der Waals surface area contributed by atoms with Crippen LogP contribution in [-0.2, 0) is 9.53 Å². The van der Waals surface area contributed by atoms with E-state index in [0.29, 0.717) is 11.6 Å². The first kappa shape index (κ1) is 15.5. The second kappa shape index (κ2) is 7.22. The number of rotatable bonds is 5. The highest BCUT2D eigenvalue weighted by Crippen LogP contribution is 2.26. The Bertz CT molecular complexity index is 498. The SMILES string of the molecule is CC1CCCCC1OCC(=O)Nc1ccc(C(=O)O)cc1. The molecule has 5 heteroatoms. The average Bonchev–Trinajstić information content (AvgIpc) is 2.47. The first-order chi connectivity index (χ1) is 10.1. The molecule has 1 saturated carbocycles.